The zero-order valence-corrected chi connectivity index (χ0v) is 11.8. The van der Waals surface area contributed by atoms with E-state index >= 15 is 0 Å². The van der Waals surface area contributed by atoms with Gasteiger partial charge in [-0.05, 0) is 37.1 Å². The van der Waals surface area contributed by atoms with Gasteiger partial charge in [0, 0.05) is 31.7 Å². The lowest BCUT2D eigenvalue weighted by Gasteiger charge is -2.24. The molecule has 3 heteroatoms. The Bertz CT molecular complexity index is 479. The molecule has 1 fully saturated rings. The Kier molecular flexibility index (Phi) is 4.66. The topological polar surface area (TPSA) is 15.3 Å². The number of hydrogen-bond donors (Lipinski definition) is 1. The van der Waals surface area contributed by atoms with Crippen molar-refractivity contribution in [1.29, 1.82) is 0 Å². The summed E-state index contributed by atoms with van der Waals surface area (Å²) in [7, 11) is 0. The average molecular weight is 263 g/mol. The standard InChI is InChI=1S/C15H19ClN2/c1-12-10-14(15(16)11-13(12)2)4-3-7-18-8-5-17-6-9-18/h10-11,17H,5-9H2,1-2H3. The number of halogens is 1. The molecule has 0 radical (unpaired) electrons. The van der Waals surface area contributed by atoms with Crippen LogP contribution in [0.15, 0.2) is 12.1 Å². The quantitative estimate of drug-likeness (QED) is 0.781. The van der Waals surface area contributed by atoms with Gasteiger partial charge in [-0.25, -0.2) is 0 Å². The summed E-state index contributed by atoms with van der Waals surface area (Å²) in [5.41, 5.74) is 3.40. The Labute approximate surface area is 114 Å². The van der Waals surface area contributed by atoms with Gasteiger partial charge in [-0.2, -0.15) is 0 Å². The number of nitrogens with one attached hydrogen (secondary N) is 1. The van der Waals surface area contributed by atoms with Crippen molar-refractivity contribution in [2.45, 2.75) is 13.8 Å². The van der Waals surface area contributed by atoms with E-state index in [1.807, 2.05) is 6.07 Å². The van der Waals surface area contributed by atoms with Crippen LogP contribution < -0.4 is 5.32 Å². The van der Waals surface area contributed by atoms with Gasteiger partial charge in [0.15, 0.2) is 0 Å². The first kappa shape index (κ1) is 13.4. The van der Waals surface area contributed by atoms with Crippen LogP contribution in [0, 0.1) is 25.7 Å². The Morgan fingerprint density at radius 2 is 1.89 bits per heavy atom. The third kappa shape index (κ3) is 3.49. The predicted molar refractivity (Wildman–Crippen MR) is 77.1 cm³/mol. The summed E-state index contributed by atoms with van der Waals surface area (Å²) < 4.78 is 0. The van der Waals surface area contributed by atoms with E-state index in [0.717, 1.165) is 43.3 Å². The van der Waals surface area contributed by atoms with Gasteiger partial charge < -0.3 is 5.32 Å². The second-order valence-corrected chi connectivity index (χ2v) is 5.15. The Morgan fingerprint density at radius 1 is 1.22 bits per heavy atom. The summed E-state index contributed by atoms with van der Waals surface area (Å²) in [4.78, 5) is 2.36. The third-order valence-corrected chi connectivity index (χ3v) is 3.63. The molecule has 1 saturated heterocycles. The van der Waals surface area contributed by atoms with Crippen molar-refractivity contribution >= 4 is 11.6 Å². The fourth-order valence-electron chi connectivity index (χ4n) is 1.99. The van der Waals surface area contributed by atoms with Gasteiger partial charge in [0.2, 0.25) is 0 Å². The molecule has 2 rings (SSSR count). The SMILES string of the molecule is Cc1cc(Cl)c(C#CCN2CCNCC2)cc1C. The van der Waals surface area contributed by atoms with Gasteiger partial charge in [-0.15, -0.1) is 0 Å². The lowest BCUT2D eigenvalue weighted by atomic mass is 10.1. The molecule has 2 nitrogen and oxygen atoms in total. The molecule has 0 amide bonds. The molecule has 1 aromatic rings. The van der Waals surface area contributed by atoms with E-state index in [1.54, 1.807) is 0 Å². The highest BCUT2D eigenvalue weighted by atomic mass is 35.5. The third-order valence-electron chi connectivity index (χ3n) is 3.32. The van der Waals surface area contributed by atoms with Crippen LogP contribution in [0.1, 0.15) is 16.7 Å². The highest BCUT2D eigenvalue weighted by molar-refractivity contribution is 6.31. The molecule has 18 heavy (non-hydrogen) atoms. The van der Waals surface area contributed by atoms with Crippen LogP contribution in [-0.2, 0) is 0 Å². The molecule has 0 spiro atoms. The number of rotatable bonds is 1. The van der Waals surface area contributed by atoms with Gasteiger partial charge in [0.05, 0.1) is 11.6 Å². The number of nitrogens with zero attached hydrogens (tertiary/aromatic N) is 1. The number of piperazine rings is 1. The van der Waals surface area contributed by atoms with Crippen molar-refractivity contribution < 1.29 is 0 Å². The molecule has 1 N–H and O–H groups in total. The van der Waals surface area contributed by atoms with Crippen LogP contribution in [0.3, 0.4) is 0 Å². The van der Waals surface area contributed by atoms with Gasteiger partial charge in [0.1, 0.15) is 0 Å². The molecule has 0 unspecified atom stereocenters. The van der Waals surface area contributed by atoms with Crippen molar-refractivity contribution in [1.82, 2.24) is 10.2 Å². The monoisotopic (exact) mass is 262 g/mol. The number of hydrogen-bond acceptors (Lipinski definition) is 2. The van der Waals surface area contributed by atoms with E-state index in [1.165, 1.54) is 11.1 Å². The maximum Gasteiger partial charge on any atom is 0.0606 e. The molecule has 1 aliphatic rings. The second kappa shape index (κ2) is 6.24. The van der Waals surface area contributed by atoms with Crippen molar-refractivity contribution in [3.63, 3.8) is 0 Å². The molecule has 1 heterocycles. The molecule has 0 bridgehead atoms. The summed E-state index contributed by atoms with van der Waals surface area (Å²) in [5, 5.41) is 4.09. The second-order valence-electron chi connectivity index (χ2n) is 4.74. The van der Waals surface area contributed by atoms with E-state index in [-0.39, 0.29) is 0 Å². The lowest BCUT2D eigenvalue weighted by molar-refractivity contribution is 0.268. The Hall–Kier alpha value is -1.01. The number of aryl methyl sites for hydroxylation is 2. The lowest BCUT2D eigenvalue weighted by Crippen LogP contribution is -2.43. The zero-order chi connectivity index (χ0) is 13.0. The predicted octanol–water partition coefficient (Wildman–Crippen LogP) is 2.21. The van der Waals surface area contributed by atoms with Crippen LogP contribution >= 0.6 is 11.6 Å². The fourth-order valence-corrected chi connectivity index (χ4v) is 2.26. The van der Waals surface area contributed by atoms with Gasteiger partial charge in [-0.1, -0.05) is 23.4 Å². The summed E-state index contributed by atoms with van der Waals surface area (Å²) in [6.45, 7) is 9.26. The van der Waals surface area contributed by atoms with E-state index in [2.05, 4.69) is 42.0 Å². The van der Waals surface area contributed by atoms with Crippen molar-refractivity contribution in [3.05, 3.63) is 33.8 Å². The molecular weight excluding hydrogens is 244 g/mol. The average Bonchev–Trinajstić information content (AvgIpc) is 2.37. The molecule has 96 valence electrons. The minimum atomic E-state index is 0.755. The molecule has 0 aliphatic carbocycles. The fraction of sp³-hybridized carbons (Fsp3) is 0.467. The first-order chi connectivity index (χ1) is 8.66. The van der Waals surface area contributed by atoms with Crippen LogP contribution in [0.4, 0.5) is 0 Å². The summed E-state index contributed by atoms with van der Waals surface area (Å²) >= 11 is 6.20. The minimum absolute atomic E-state index is 0.755. The summed E-state index contributed by atoms with van der Waals surface area (Å²) in [6.07, 6.45) is 0. The van der Waals surface area contributed by atoms with Gasteiger partial charge in [-0.3, -0.25) is 4.90 Å². The molecule has 0 atom stereocenters. The van der Waals surface area contributed by atoms with Crippen molar-refractivity contribution in [2.24, 2.45) is 0 Å². The smallest absolute Gasteiger partial charge is 0.0606 e. The Balaban J connectivity index is 2.03. The molecule has 1 aliphatic heterocycles. The molecule has 0 aromatic heterocycles. The highest BCUT2D eigenvalue weighted by Crippen LogP contribution is 2.19. The van der Waals surface area contributed by atoms with Gasteiger partial charge in [0.25, 0.3) is 0 Å². The van der Waals surface area contributed by atoms with Crippen molar-refractivity contribution in [3.8, 4) is 11.8 Å². The zero-order valence-electron chi connectivity index (χ0n) is 11.0. The number of benzene rings is 1. The first-order valence-electron chi connectivity index (χ1n) is 6.35. The maximum atomic E-state index is 6.20. The summed E-state index contributed by atoms with van der Waals surface area (Å²) in [6, 6.07) is 4.06. The van der Waals surface area contributed by atoms with E-state index in [9.17, 15) is 0 Å². The van der Waals surface area contributed by atoms with E-state index in [4.69, 9.17) is 11.6 Å². The normalized spacial score (nSPS) is 16.2. The van der Waals surface area contributed by atoms with E-state index in [0.29, 0.717) is 0 Å². The maximum absolute atomic E-state index is 6.20. The van der Waals surface area contributed by atoms with Gasteiger partial charge >= 0.3 is 0 Å². The molecular formula is C15H19ClN2. The van der Waals surface area contributed by atoms with Crippen LogP contribution in [0.2, 0.25) is 5.02 Å². The minimum Gasteiger partial charge on any atom is -0.314 e. The van der Waals surface area contributed by atoms with Crippen molar-refractivity contribution in [2.75, 3.05) is 32.7 Å². The van der Waals surface area contributed by atoms with E-state index < -0.39 is 0 Å². The highest BCUT2D eigenvalue weighted by Gasteiger charge is 2.07. The van der Waals surface area contributed by atoms with Crippen LogP contribution in [0.5, 0.6) is 0 Å². The molecule has 0 saturated carbocycles. The summed E-state index contributed by atoms with van der Waals surface area (Å²) in [5.74, 6) is 6.41. The van der Waals surface area contributed by atoms with Crippen LogP contribution in [-0.4, -0.2) is 37.6 Å². The largest absolute Gasteiger partial charge is 0.314 e. The first-order valence-corrected chi connectivity index (χ1v) is 6.73. The molecule has 1 aromatic carbocycles. The van der Waals surface area contributed by atoms with Crippen LogP contribution in [0.25, 0.3) is 0 Å². The Morgan fingerprint density at radius 3 is 2.61 bits per heavy atom.